The van der Waals surface area contributed by atoms with E-state index < -0.39 is 16.0 Å². The van der Waals surface area contributed by atoms with Crippen LogP contribution in [0.4, 0.5) is 11.5 Å². The molecule has 1 aromatic heterocycles. The predicted molar refractivity (Wildman–Crippen MR) is 108 cm³/mol. The molecule has 1 saturated heterocycles. The van der Waals surface area contributed by atoms with E-state index in [1.807, 2.05) is 11.8 Å². The van der Waals surface area contributed by atoms with Crippen LogP contribution in [0, 0.1) is 5.92 Å². The molecule has 2 heterocycles. The highest BCUT2D eigenvalue weighted by Crippen LogP contribution is 2.30. The van der Waals surface area contributed by atoms with Gasteiger partial charge in [0.05, 0.1) is 16.1 Å². The predicted octanol–water partition coefficient (Wildman–Crippen LogP) is 3.38. The molecule has 3 rings (SSSR count). The van der Waals surface area contributed by atoms with Crippen molar-refractivity contribution < 1.29 is 18.3 Å². The van der Waals surface area contributed by atoms with E-state index in [1.54, 1.807) is 24.3 Å². The lowest BCUT2D eigenvalue weighted by atomic mass is 10.0. The number of carboxylic acids is 1. The molecule has 0 aliphatic carbocycles. The van der Waals surface area contributed by atoms with Crippen molar-refractivity contribution in [1.29, 1.82) is 0 Å². The average molecular weight is 404 g/mol. The number of aromatic carboxylic acids is 1. The Labute approximate surface area is 165 Å². The second kappa shape index (κ2) is 8.18. The number of anilines is 2. The molecular weight excluding hydrogens is 378 g/mol. The average Bonchev–Trinajstić information content (AvgIpc) is 2.67. The number of aromatic nitrogens is 1. The van der Waals surface area contributed by atoms with Gasteiger partial charge in [-0.25, -0.2) is 18.2 Å². The molecule has 1 fully saturated rings. The van der Waals surface area contributed by atoms with Crippen molar-refractivity contribution in [2.45, 2.75) is 38.0 Å². The maximum absolute atomic E-state index is 12.9. The Balaban J connectivity index is 1.97. The Morgan fingerprint density at radius 1 is 1.32 bits per heavy atom. The fourth-order valence-corrected chi connectivity index (χ4v) is 4.44. The molecule has 0 unspecified atom stereocenters. The molecule has 1 aliphatic heterocycles. The number of pyridine rings is 1. The van der Waals surface area contributed by atoms with Crippen molar-refractivity contribution in [3.8, 4) is 0 Å². The van der Waals surface area contributed by atoms with E-state index in [4.69, 9.17) is 0 Å². The second-order valence-electron chi connectivity index (χ2n) is 7.20. The first-order valence-electron chi connectivity index (χ1n) is 9.40. The van der Waals surface area contributed by atoms with Crippen molar-refractivity contribution in [2.75, 3.05) is 22.7 Å². The Hall–Kier alpha value is -2.61. The fraction of sp³-hybridized carbons (Fsp3) is 0.400. The maximum atomic E-state index is 12.9. The van der Waals surface area contributed by atoms with Crippen LogP contribution in [-0.2, 0) is 16.4 Å². The number of carbonyl (C=O) groups is 1. The highest BCUT2D eigenvalue weighted by atomic mass is 32.2. The monoisotopic (exact) mass is 403 g/mol. The smallest absolute Gasteiger partial charge is 0.337 e. The Morgan fingerprint density at radius 2 is 2.04 bits per heavy atom. The van der Waals surface area contributed by atoms with Gasteiger partial charge < -0.3 is 10.0 Å². The molecule has 0 amide bonds. The molecule has 150 valence electrons. The molecule has 28 heavy (non-hydrogen) atoms. The fourth-order valence-electron chi connectivity index (χ4n) is 3.39. The van der Waals surface area contributed by atoms with Crippen LogP contribution in [0.2, 0.25) is 0 Å². The SMILES string of the molecule is CCc1ccc(S(=O)(=O)Nc2cc(C(=O)O)cnc2N2CCC[C@H](C)C2)cc1. The summed E-state index contributed by atoms with van der Waals surface area (Å²) in [6.07, 6.45) is 4.17. The molecule has 0 saturated carbocycles. The van der Waals surface area contributed by atoms with Crippen LogP contribution in [0.25, 0.3) is 0 Å². The van der Waals surface area contributed by atoms with E-state index in [0.717, 1.165) is 37.9 Å². The minimum Gasteiger partial charge on any atom is -0.478 e. The van der Waals surface area contributed by atoms with Gasteiger partial charge in [0.25, 0.3) is 10.0 Å². The summed E-state index contributed by atoms with van der Waals surface area (Å²) in [5, 5.41) is 9.29. The molecule has 1 atom stereocenters. The zero-order chi connectivity index (χ0) is 20.3. The van der Waals surface area contributed by atoms with Crippen LogP contribution in [0.1, 0.15) is 42.6 Å². The Kier molecular flexibility index (Phi) is 5.88. The highest BCUT2D eigenvalue weighted by molar-refractivity contribution is 7.92. The summed E-state index contributed by atoms with van der Waals surface area (Å²) in [5.41, 5.74) is 1.16. The molecule has 8 heteroatoms. The maximum Gasteiger partial charge on any atom is 0.337 e. The number of aryl methyl sites for hydroxylation is 1. The Bertz CT molecular complexity index is 958. The first-order chi connectivity index (χ1) is 13.3. The first kappa shape index (κ1) is 20.1. The number of nitrogens with one attached hydrogen (secondary N) is 1. The van der Waals surface area contributed by atoms with Crippen molar-refractivity contribution in [3.63, 3.8) is 0 Å². The summed E-state index contributed by atoms with van der Waals surface area (Å²) in [4.78, 5) is 17.8. The van der Waals surface area contributed by atoms with E-state index in [2.05, 4.69) is 16.6 Å². The molecular formula is C20H25N3O4S. The lowest BCUT2D eigenvalue weighted by Gasteiger charge is -2.33. The van der Waals surface area contributed by atoms with Gasteiger partial charge in [0.1, 0.15) is 0 Å². The molecule has 1 aliphatic rings. The number of piperidine rings is 1. The van der Waals surface area contributed by atoms with E-state index in [1.165, 1.54) is 12.3 Å². The topological polar surface area (TPSA) is 99.6 Å². The number of carboxylic acid groups (broad SMARTS) is 1. The number of rotatable bonds is 6. The molecule has 7 nitrogen and oxygen atoms in total. The lowest BCUT2D eigenvalue weighted by Crippen LogP contribution is -2.35. The normalized spacial score (nSPS) is 17.4. The summed E-state index contributed by atoms with van der Waals surface area (Å²) in [5.74, 6) is -0.232. The highest BCUT2D eigenvalue weighted by Gasteiger charge is 2.24. The number of benzene rings is 1. The first-order valence-corrected chi connectivity index (χ1v) is 10.9. The van der Waals surface area contributed by atoms with Crippen LogP contribution < -0.4 is 9.62 Å². The summed E-state index contributed by atoms with van der Waals surface area (Å²) in [6, 6.07) is 7.99. The largest absolute Gasteiger partial charge is 0.478 e. The summed E-state index contributed by atoms with van der Waals surface area (Å²) in [6.45, 7) is 5.64. The number of nitrogens with zero attached hydrogens (tertiary/aromatic N) is 2. The van der Waals surface area contributed by atoms with Crippen LogP contribution in [-0.4, -0.2) is 37.6 Å². The van der Waals surface area contributed by atoms with Crippen LogP contribution in [0.15, 0.2) is 41.4 Å². The lowest BCUT2D eigenvalue weighted by molar-refractivity contribution is 0.0696. The van der Waals surface area contributed by atoms with Gasteiger partial charge in [-0.2, -0.15) is 0 Å². The quantitative estimate of drug-likeness (QED) is 0.767. The third kappa shape index (κ3) is 4.44. The van der Waals surface area contributed by atoms with Gasteiger partial charge in [0, 0.05) is 19.3 Å². The standard InChI is InChI=1S/C20H25N3O4S/c1-3-15-6-8-17(9-7-15)28(26,27)22-18-11-16(20(24)25)12-21-19(18)23-10-4-5-14(2)13-23/h6-9,11-12,14,22H,3-5,10,13H2,1-2H3,(H,24,25)/t14-/m0/s1. The van der Waals surface area contributed by atoms with E-state index in [0.29, 0.717) is 11.7 Å². The van der Waals surface area contributed by atoms with Gasteiger partial charge >= 0.3 is 5.97 Å². The molecule has 0 bridgehead atoms. The summed E-state index contributed by atoms with van der Waals surface area (Å²) in [7, 11) is -3.87. The van der Waals surface area contributed by atoms with Crippen LogP contribution >= 0.6 is 0 Å². The third-order valence-corrected chi connectivity index (χ3v) is 6.34. The zero-order valence-corrected chi connectivity index (χ0v) is 16.9. The zero-order valence-electron chi connectivity index (χ0n) is 16.1. The van der Waals surface area contributed by atoms with E-state index >= 15 is 0 Å². The number of hydrogen-bond donors (Lipinski definition) is 2. The summed E-state index contributed by atoms with van der Waals surface area (Å²) < 4.78 is 28.3. The second-order valence-corrected chi connectivity index (χ2v) is 8.88. The molecule has 0 spiro atoms. The van der Waals surface area contributed by atoms with Gasteiger partial charge in [-0.1, -0.05) is 26.0 Å². The van der Waals surface area contributed by atoms with Crippen LogP contribution in [0.3, 0.4) is 0 Å². The molecule has 1 aromatic carbocycles. The third-order valence-electron chi connectivity index (χ3n) is 4.96. The minimum absolute atomic E-state index is 0.0622. The molecule has 2 N–H and O–H groups in total. The van der Waals surface area contributed by atoms with Gasteiger partial charge in [0.15, 0.2) is 5.82 Å². The Morgan fingerprint density at radius 3 is 2.64 bits per heavy atom. The van der Waals surface area contributed by atoms with E-state index in [-0.39, 0.29) is 16.1 Å². The molecule has 2 aromatic rings. The summed E-state index contributed by atoms with van der Waals surface area (Å²) >= 11 is 0. The minimum atomic E-state index is -3.87. The van der Waals surface area contributed by atoms with E-state index in [9.17, 15) is 18.3 Å². The number of sulfonamides is 1. The van der Waals surface area contributed by atoms with Gasteiger partial charge in [-0.15, -0.1) is 0 Å². The van der Waals surface area contributed by atoms with Crippen molar-refractivity contribution in [2.24, 2.45) is 5.92 Å². The van der Waals surface area contributed by atoms with Crippen molar-refractivity contribution in [1.82, 2.24) is 4.98 Å². The van der Waals surface area contributed by atoms with Crippen molar-refractivity contribution in [3.05, 3.63) is 47.7 Å². The van der Waals surface area contributed by atoms with Crippen LogP contribution in [0.5, 0.6) is 0 Å². The van der Waals surface area contributed by atoms with Gasteiger partial charge in [0.2, 0.25) is 0 Å². The number of hydrogen-bond acceptors (Lipinski definition) is 5. The van der Waals surface area contributed by atoms with Gasteiger partial charge in [-0.05, 0) is 48.9 Å². The van der Waals surface area contributed by atoms with Gasteiger partial charge in [-0.3, -0.25) is 4.72 Å². The molecule has 0 radical (unpaired) electrons. The van der Waals surface area contributed by atoms with Crippen molar-refractivity contribution >= 4 is 27.5 Å².